The van der Waals surface area contributed by atoms with E-state index in [-0.39, 0.29) is 33.5 Å². The highest BCUT2D eigenvalue weighted by Crippen LogP contribution is 2.43. The van der Waals surface area contributed by atoms with Crippen molar-refractivity contribution < 1.29 is 9.21 Å². The second kappa shape index (κ2) is 5.88. The minimum absolute atomic E-state index is 0.0188. The number of hydrogen-bond acceptors (Lipinski definition) is 4. The van der Waals surface area contributed by atoms with Crippen LogP contribution in [0.25, 0.3) is 11.1 Å². The van der Waals surface area contributed by atoms with Gasteiger partial charge in [-0.1, -0.05) is 36.8 Å². The summed E-state index contributed by atoms with van der Waals surface area (Å²) in [5.41, 5.74) is 1.32. The molecule has 3 aromatic rings. The van der Waals surface area contributed by atoms with Gasteiger partial charge in [-0.25, -0.2) is 4.98 Å². The number of nitrogens with one attached hydrogen (secondary N) is 2. The molecule has 0 atom stereocenters. The Morgan fingerprint density at radius 2 is 2.08 bits per heavy atom. The molecule has 1 aliphatic rings. The molecular formula is C19H19N3O3. The zero-order valence-corrected chi connectivity index (χ0v) is 14.0. The van der Waals surface area contributed by atoms with E-state index in [0.29, 0.717) is 12.3 Å². The Hall–Kier alpha value is -2.89. The lowest BCUT2D eigenvalue weighted by molar-refractivity contribution is 0.0927. The van der Waals surface area contributed by atoms with E-state index in [1.165, 1.54) is 11.9 Å². The molecule has 25 heavy (non-hydrogen) atoms. The molecule has 1 saturated carbocycles. The number of carbonyl (C=O) groups excluding carboxylic acids is 1. The van der Waals surface area contributed by atoms with Gasteiger partial charge < -0.3 is 14.7 Å². The lowest BCUT2D eigenvalue weighted by Crippen LogP contribution is -2.45. The summed E-state index contributed by atoms with van der Waals surface area (Å²) in [6, 6.07) is 10.3. The molecule has 0 unspecified atom stereocenters. The molecule has 0 bridgehead atoms. The first kappa shape index (κ1) is 15.6. The van der Waals surface area contributed by atoms with Crippen LogP contribution in [0.5, 0.6) is 0 Å². The van der Waals surface area contributed by atoms with E-state index in [4.69, 9.17) is 4.42 Å². The predicted octanol–water partition coefficient (Wildman–Crippen LogP) is 2.68. The van der Waals surface area contributed by atoms with Gasteiger partial charge in [0.05, 0.1) is 11.9 Å². The van der Waals surface area contributed by atoms with Gasteiger partial charge in [0, 0.05) is 12.0 Å². The fraction of sp³-hybridized carbons (Fsp3) is 0.316. The van der Waals surface area contributed by atoms with Gasteiger partial charge in [0.15, 0.2) is 0 Å². The van der Waals surface area contributed by atoms with Crippen molar-refractivity contribution in [1.82, 2.24) is 15.3 Å². The zero-order chi connectivity index (χ0) is 17.4. The maximum Gasteiger partial charge on any atom is 0.262 e. The van der Waals surface area contributed by atoms with Crippen LogP contribution in [0.1, 0.15) is 40.9 Å². The summed E-state index contributed by atoms with van der Waals surface area (Å²) in [4.78, 5) is 31.3. The molecule has 1 aliphatic carbocycles. The molecular weight excluding hydrogens is 318 g/mol. The number of hydrogen-bond donors (Lipinski definition) is 2. The first-order valence-electron chi connectivity index (χ1n) is 8.41. The van der Waals surface area contributed by atoms with E-state index in [2.05, 4.69) is 27.4 Å². The predicted molar refractivity (Wildman–Crippen MR) is 93.7 cm³/mol. The van der Waals surface area contributed by atoms with E-state index < -0.39 is 0 Å². The van der Waals surface area contributed by atoms with Crippen molar-refractivity contribution in [2.45, 2.75) is 31.6 Å². The maximum absolute atomic E-state index is 12.8. The van der Waals surface area contributed by atoms with Crippen molar-refractivity contribution in [3.05, 3.63) is 63.9 Å². The number of amides is 1. The number of carbonyl (C=O) groups is 1. The fourth-order valence-electron chi connectivity index (χ4n) is 3.63. The van der Waals surface area contributed by atoms with E-state index in [0.717, 1.165) is 19.3 Å². The van der Waals surface area contributed by atoms with Crippen LogP contribution in [-0.2, 0) is 5.41 Å². The second-order valence-electron chi connectivity index (χ2n) is 6.63. The van der Waals surface area contributed by atoms with Gasteiger partial charge in [-0.2, -0.15) is 0 Å². The lowest BCUT2D eigenvalue weighted by atomic mass is 9.64. The highest BCUT2D eigenvalue weighted by Gasteiger charge is 2.39. The molecule has 0 spiro atoms. The van der Waals surface area contributed by atoms with Gasteiger partial charge >= 0.3 is 0 Å². The molecule has 0 radical (unpaired) electrons. The fourth-order valence-corrected chi connectivity index (χ4v) is 3.63. The van der Waals surface area contributed by atoms with Gasteiger partial charge in [-0.15, -0.1) is 0 Å². The summed E-state index contributed by atoms with van der Waals surface area (Å²) in [7, 11) is 0. The number of fused-ring (bicyclic) bond motifs is 1. The van der Waals surface area contributed by atoms with Crippen molar-refractivity contribution in [2.24, 2.45) is 0 Å². The molecule has 128 valence electrons. The standard InChI is InChI=1S/C19H19N3O3/c1-12-14(15-17(24)21-11-22-18(15)25-12)16(23)20-10-19(8-5-9-19)13-6-3-2-4-7-13/h2-4,6-7,11H,5,8-10H2,1H3,(H,20,23)(H,21,22,24). The smallest absolute Gasteiger partial charge is 0.262 e. The van der Waals surface area contributed by atoms with E-state index in [1.807, 2.05) is 18.2 Å². The Morgan fingerprint density at radius 3 is 2.76 bits per heavy atom. The van der Waals surface area contributed by atoms with E-state index in [9.17, 15) is 9.59 Å². The quantitative estimate of drug-likeness (QED) is 0.766. The maximum atomic E-state index is 12.8. The van der Waals surface area contributed by atoms with E-state index in [1.54, 1.807) is 6.92 Å². The third-order valence-electron chi connectivity index (χ3n) is 5.18. The highest BCUT2D eigenvalue weighted by molar-refractivity contribution is 6.06. The Labute approximate surface area is 144 Å². The molecule has 2 N–H and O–H groups in total. The summed E-state index contributed by atoms with van der Waals surface area (Å²) in [5.74, 6) is 0.107. The van der Waals surface area contributed by atoms with Gasteiger partial charge in [0.25, 0.3) is 11.5 Å². The van der Waals surface area contributed by atoms with Crippen LogP contribution in [0.3, 0.4) is 0 Å². The van der Waals surface area contributed by atoms with Gasteiger partial charge in [0.1, 0.15) is 11.1 Å². The number of aromatic nitrogens is 2. The summed E-state index contributed by atoms with van der Waals surface area (Å²) < 4.78 is 5.47. The Bertz CT molecular complexity index is 984. The third kappa shape index (κ3) is 2.54. The Kier molecular flexibility index (Phi) is 3.67. The normalized spacial score (nSPS) is 15.7. The molecule has 6 nitrogen and oxygen atoms in total. The zero-order valence-electron chi connectivity index (χ0n) is 14.0. The summed E-state index contributed by atoms with van der Waals surface area (Å²) >= 11 is 0. The number of nitrogens with zero attached hydrogens (tertiary/aromatic N) is 1. The van der Waals surface area contributed by atoms with Crippen LogP contribution >= 0.6 is 0 Å². The van der Waals surface area contributed by atoms with E-state index >= 15 is 0 Å². The van der Waals surface area contributed by atoms with Crippen molar-refractivity contribution in [3.63, 3.8) is 0 Å². The van der Waals surface area contributed by atoms with Crippen molar-refractivity contribution >= 4 is 17.0 Å². The van der Waals surface area contributed by atoms with Gasteiger partial charge in [-0.05, 0) is 25.3 Å². The van der Waals surface area contributed by atoms with Crippen molar-refractivity contribution in [2.75, 3.05) is 6.54 Å². The number of benzene rings is 1. The first-order chi connectivity index (χ1) is 12.1. The van der Waals surface area contributed by atoms with Gasteiger partial charge in [0.2, 0.25) is 5.71 Å². The molecule has 2 aromatic heterocycles. The van der Waals surface area contributed by atoms with Crippen LogP contribution in [0.4, 0.5) is 0 Å². The summed E-state index contributed by atoms with van der Waals surface area (Å²) in [5, 5.41) is 3.22. The van der Waals surface area contributed by atoms with Crippen molar-refractivity contribution in [3.8, 4) is 0 Å². The molecule has 1 aromatic carbocycles. The summed E-state index contributed by atoms with van der Waals surface area (Å²) in [6.07, 6.45) is 4.52. The van der Waals surface area contributed by atoms with Crippen LogP contribution in [0.2, 0.25) is 0 Å². The molecule has 2 heterocycles. The monoisotopic (exact) mass is 337 g/mol. The van der Waals surface area contributed by atoms with Crippen molar-refractivity contribution in [1.29, 1.82) is 0 Å². The first-order valence-corrected chi connectivity index (χ1v) is 8.41. The molecule has 0 saturated heterocycles. The average Bonchev–Trinajstić information content (AvgIpc) is 2.92. The van der Waals surface area contributed by atoms with Gasteiger partial charge in [-0.3, -0.25) is 9.59 Å². The topological polar surface area (TPSA) is 88.0 Å². The minimum atomic E-state index is -0.367. The average molecular weight is 337 g/mol. The molecule has 1 fully saturated rings. The molecule has 6 heteroatoms. The Balaban J connectivity index is 1.61. The lowest BCUT2D eigenvalue weighted by Gasteiger charge is -2.42. The number of furan rings is 1. The summed E-state index contributed by atoms with van der Waals surface area (Å²) in [6.45, 7) is 2.21. The number of H-pyrrole nitrogens is 1. The van der Waals surface area contributed by atoms with Crippen LogP contribution < -0.4 is 10.9 Å². The Morgan fingerprint density at radius 1 is 1.32 bits per heavy atom. The number of rotatable bonds is 4. The van der Waals surface area contributed by atoms with Crippen LogP contribution in [0, 0.1) is 6.92 Å². The SMILES string of the molecule is Cc1oc2nc[nH]c(=O)c2c1C(=O)NCC1(c2ccccc2)CCC1. The molecule has 0 aliphatic heterocycles. The number of aryl methyl sites for hydroxylation is 1. The van der Waals surface area contributed by atoms with Crippen LogP contribution in [-0.4, -0.2) is 22.4 Å². The molecule has 1 amide bonds. The minimum Gasteiger partial charge on any atom is -0.442 e. The highest BCUT2D eigenvalue weighted by atomic mass is 16.3. The van der Waals surface area contributed by atoms with Crippen LogP contribution in [0.15, 0.2) is 45.9 Å². The largest absolute Gasteiger partial charge is 0.442 e. The third-order valence-corrected chi connectivity index (χ3v) is 5.18. The molecule has 4 rings (SSSR count). The second-order valence-corrected chi connectivity index (χ2v) is 6.63. The number of aromatic amines is 1.